The zero-order chi connectivity index (χ0) is 17.2. The average molecular weight is 371 g/mol. The monoisotopic (exact) mass is 370 g/mol. The van der Waals surface area contributed by atoms with Gasteiger partial charge in [-0.3, -0.25) is 9.79 Å². The molecule has 7 heteroatoms. The van der Waals surface area contributed by atoms with Gasteiger partial charge in [0.25, 0.3) is 5.56 Å². The standard InChI is InChI=1S/C18H18N4OS2/c19-18(20-9-11-5-2-1-3-6-11)24-10-14-21-16(23)15-12-7-4-8-13(12)25-17(15)22-14/h1-3,5-6H,4,7-10H2,(H2,19,20)(H,21,22,23). The van der Waals surface area contributed by atoms with Crippen LogP contribution in [0.2, 0.25) is 0 Å². The fourth-order valence-corrected chi connectivity index (χ4v) is 4.91. The fourth-order valence-electron chi connectivity index (χ4n) is 3.06. The number of H-pyrrole nitrogens is 1. The number of aromatic amines is 1. The summed E-state index contributed by atoms with van der Waals surface area (Å²) in [5.41, 5.74) is 8.27. The summed E-state index contributed by atoms with van der Waals surface area (Å²) in [7, 11) is 0. The number of aromatic nitrogens is 2. The molecule has 128 valence electrons. The Kier molecular flexibility index (Phi) is 4.59. The van der Waals surface area contributed by atoms with Gasteiger partial charge in [0.15, 0.2) is 5.17 Å². The van der Waals surface area contributed by atoms with E-state index in [4.69, 9.17) is 5.73 Å². The molecule has 0 atom stereocenters. The number of nitrogens with one attached hydrogen (secondary N) is 1. The SMILES string of the molecule is NC(=NCc1ccccc1)SCc1nc2sc3c(c2c(=O)[nH]1)CCC3. The highest BCUT2D eigenvalue weighted by Crippen LogP contribution is 2.34. The highest BCUT2D eigenvalue weighted by molar-refractivity contribution is 8.13. The molecule has 0 spiro atoms. The zero-order valence-corrected chi connectivity index (χ0v) is 15.3. The number of thioether (sulfide) groups is 1. The molecule has 0 fully saturated rings. The van der Waals surface area contributed by atoms with Gasteiger partial charge >= 0.3 is 0 Å². The summed E-state index contributed by atoms with van der Waals surface area (Å²) in [4.78, 5) is 26.5. The number of amidine groups is 1. The number of rotatable bonds is 4. The molecule has 0 bridgehead atoms. The van der Waals surface area contributed by atoms with Crippen LogP contribution in [0.5, 0.6) is 0 Å². The highest BCUT2D eigenvalue weighted by Gasteiger charge is 2.21. The third-order valence-corrected chi connectivity index (χ3v) is 6.27. The van der Waals surface area contributed by atoms with E-state index in [2.05, 4.69) is 15.0 Å². The lowest BCUT2D eigenvalue weighted by atomic mass is 10.2. The van der Waals surface area contributed by atoms with E-state index in [0.717, 1.165) is 35.0 Å². The van der Waals surface area contributed by atoms with Gasteiger partial charge in [-0.05, 0) is 30.4 Å². The summed E-state index contributed by atoms with van der Waals surface area (Å²) in [6.45, 7) is 0.556. The van der Waals surface area contributed by atoms with E-state index in [1.54, 1.807) is 11.3 Å². The van der Waals surface area contributed by atoms with Crippen molar-refractivity contribution in [3.05, 3.63) is 62.5 Å². The maximum absolute atomic E-state index is 12.4. The molecule has 0 saturated carbocycles. The van der Waals surface area contributed by atoms with Crippen molar-refractivity contribution in [1.29, 1.82) is 0 Å². The zero-order valence-electron chi connectivity index (χ0n) is 13.6. The van der Waals surface area contributed by atoms with E-state index in [0.29, 0.717) is 23.3 Å². The van der Waals surface area contributed by atoms with Crippen molar-refractivity contribution in [3.63, 3.8) is 0 Å². The summed E-state index contributed by atoms with van der Waals surface area (Å²) in [5, 5.41) is 1.29. The molecule has 0 aliphatic heterocycles. The van der Waals surface area contributed by atoms with Gasteiger partial charge in [-0.15, -0.1) is 11.3 Å². The smallest absolute Gasteiger partial charge is 0.259 e. The van der Waals surface area contributed by atoms with Crippen LogP contribution >= 0.6 is 23.1 Å². The molecule has 0 unspecified atom stereocenters. The fraction of sp³-hybridized carbons (Fsp3) is 0.278. The van der Waals surface area contributed by atoms with Crippen LogP contribution in [0, 0.1) is 0 Å². The number of thiophene rings is 1. The molecule has 0 amide bonds. The lowest BCUT2D eigenvalue weighted by molar-refractivity contribution is 0.916. The summed E-state index contributed by atoms with van der Waals surface area (Å²) >= 11 is 3.05. The quantitative estimate of drug-likeness (QED) is 0.545. The first kappa shape index (κ1) is 16.4. The number of benzene rings is 1. The van der Waals surface area contributed by atoms with E-state index in [9.17, 15) is 4.79 Å². The molecule has 1 aliphatic carbocycles. The minimum atomic E-state index is -0.0280. The van der Waals surface area contributed by atoms with Crippen molar-refractivity contribution in [3.8, 4) is 0 Å². The Labute approximate surface area is 153 Å². The van der Waals surface area contributed by atoms with E-state index >= 15 is 0 Å². The molecule has 5 nitrogen and oxygen atoms in total. The number of nitrogens with zero attached hydrogens (tertiary/aromatic N) is 2. The van der Waals surface area contributed by atoms with Gasteiger partial charge in [0.05, 0.1) is 17.7 Å². The van der Waals surface area contributed by atoms with Crippen LogP contribution in [0.25, 0.3) is 10.2 Å². The molecule has 1 aliphatic rings. The van der Waals surface area contributed by atoms with Crippen LogP contribution in [0.4, 0.5) is 0 Å². The van der Waals surface area contributed by atoms with Crippen molar-refractivity contribution in [2.45, 2.75) is 31.6 Å². The first-order chi connectivity index (χ1) is 12.2. The maximum Gasteiger partial charge on any atom is 0.259 e. The molecule has 0 radical (unpaired) electrons. The predicted octanol–water partition coefficient (Wildman–Crippen LogP) is 3.22. The van der Waals surface area contributed by atoms with Crippen molar-refractivity contribution < 1.29 is 0 Å². The van der Waals surface area contributed by atoms with Crippen LogP contribution < -0.4 is 11.3 Å². The Morgan fingerprint density at radius 3 is 3.00 bits per heavy atom. The first-order valence-corrected chi connectivity index (χ1v) is 10.0. The van der Waals surface area contributed by atoms with E-state index in [-0.39, 0.29) is 5.56 Å². The number of nitrogens with two attached hydrogens (primary N) is 1. The van der Waals surface area contributed by atoms with Crippen LogP contribution in [0.3, 0.4) is 0 Å². The topological polar surface area (TPSA) is 84.1 Å². The number of aryl methyl sites for hydroxylation is 2. The minimum Gasteiger partial charge on any atom is -0.379 e. The Balaban J connectivity index is 1.47. The maximum atomic E-state index is 12.4. The summed E-state index contributed by atoms with van der Waals surface area (Å²) in [5.74, 6) is 1.16. The molecule has 3 N–H and O–H groups in total. The van der Waals surface area contributed by atoms with Crippen molar-refractivity contribution >= 4 is 38.5 Å². The van der Waals surface area contributed by atoms with E-state index < -0.39 is 0 Å². The van der Waals surface area contributed by atoms with Crippen LogP contribution in [-0.2, 0) is 25.1 Å². The Morgan fingerprint density at radius 2 is 2.16 bits per heavy atom. The van der Waals surface area contributed by atoms with Crippen LogP contribution in [-0.4, -0.2) is 15.1 Å². The second-order valence-corrected chi connectivity index (χ2v) is 8.06. The lowest BCUT2D eigenvalue weighted by Gasteiger charge is -2.02. The van der Waals surface area contributed by atoms with Gasteiger partial charge in [-0.1, -0.05) is 42.1 Å². The van der Waals surface area contributed by atoms with E-state index in [1.807, 2.05) is 30.3 Å². The Morgan fingerprint density at radius 1 is 1.32 bits per heavy atom. The Bertz CT molecular complexity index is 991. The van der Waals surface area contributed by atoms with Gasteiger partial charge in [0, 0.05) is 4.88 Å². The van der Waals surface area contributed by atoms with Crippen molar-refractivity contribution in [1.82, 2.24) is 9.97 Å². The molecular formula is C18H18N4OS2. The molecular weight excluding hydrogens is 352 g/mol. The summed E-state index contributed by atoms with van der Waals surface area (Å²) in [6.07, 6.45) is 3.20. The van der Waals surface area contributed by atoms with Crippen molar-refractivity contribution in [2.75, 3.05) is 0 Å². The molecule has 3 aromatic rings. The molecule has 2 heterocycles. The number of hydrogen-bond donors (Lipinski definition) is 2. The van der Waals surface area contributed by atoms with Gasteiger partial charge in [0.2, 0.25) is 0 Å². The third-order valence-electron chi connectivity index (χ3n) is 4.24. The van der Waals surface area contributed by atoms with E-state index in [1.165, 1.54) is 22.2 Å². The molecule has 25 heavy (non-hydrogen) atoms. The molecule has 2 aromatic heterocycles. The molecule has 0 saturated heterocycles. The minimum absolute atomic E-state index is 0.0280. The second-order valence-electron chi connectivity index (χ2n) is 5.98. The molecule has 1 aromatic carbocycles. The number of aliphatic imine (C=N–C) groups is 1. The van der Waals surface area contributed by atoms with Crippen molar-refractivity contribution in [2.24, 2.45) is 10.7 Å². The van der Waals surface area contributed by atoms with Gasteiger partial charge in [0.1, 0.15) is 10.7 Å². The third kappa shape index (κ3) is 3.48. The second kappa shape index (κ2) is 7.01. The Hall–Kier alpha value is -2.12. The van der Waals surface area contributed by atoms with Crippen LogP contribution in [0.1, 0.15) is 28.2 Å². The van der Waals surface area contributed by atoms with Gasteiger partial charge in [-0.2, -0.15) is 0 Å². The lowest BCUT2D eigenvalue weighted by Crippen LogP contribution is -2.13. The van der Waals surface area contributed by atoms with Gasteiger partial charge in [-0.25, -0.2) is 4.98 Å². The van der Waals surface area contributed by atoms with Gasteiger partial charge < -0.3 is 10.7 Å². The summed E-state index contributed by atoms with van der Waals surface area (Å²) in [6, 6.07) is 9.98. The normalized spacial score (nSPS) is 14.2. The molecule has 4 rings (SSSR count). The first-order valence-electron chi connectivity index (χ1n) is 8.21. The average Bonchev–Trinajstić information content (AvgIpc) is 3.19. The largest absolute Gasteiger partial charge is 0.379 e. The summed E-state index contributed by atoms with van der Waals surface area (Å²) < 4.78 is 0. The number of fused-ring (bicyclic) bond motifs is 3. The highest BCUT2D eigenvalue weighted by atomic mass is 32.2. The van der Waals surface area contributed by atoms with Crippen LogP contribution in [0.15, 0.2) is 40.1 Å². The number of hydrogen-bond acceptors (Lipinski definition) is 5. The predicted molar refractivity (Wildman–Crippen MR) is 105 cm³/mol.